The summed E-state index contributed by atoms with van der Waals surface area (Å²) in [6.45, 7) is 1.13. The summed E-state index contributed by atoms with van der Waals surface area (Å²) in [6.07, 6.45) is -3.91. The standard InChI is InChI=1S/C29H30F3IN4O6S/c1-44(40,41)37(23-9-13-25(14-10-23)43-24-11-7-22(8-12-24)29(30,31)32)19-26(27(38)34-33)35-15-17-36(18-16-35)28(39)42-20-21-5-3-2-4-6-21/h2-14,26H,15-20H2,1H3,(H,34,38)/t26-/m0/s1. The molecule has 3 aromatic rings. The third kappa shape index (κ3) is 8.98. The van der Waals surface area contributed by atoms with Crippen LogP contribution in [0.5, 0.6) is 11.5 Å². The van der Waals surface area contributed by atoms with E-state index in [0.29, 0.717) is 13.1 Å². The first-order valence-corrected chi connectivity index (χ1v) is 16.3. The molecule has 1 heterocycles. The van der Waals surface area contributed by atoms with Crippen LogP contribution in [0, 0.1) is 0 Å². The first kappa shape index (κ1) is 33.3. The number of hydrogen-bond acceptors (Lipinski definition) is 7. The number of alkyl halides is 3. The molecule has 4 rings (SSSR count). The van der Waals surface area contributed by atoms with Crippen LogP contribution < -0.4 is 12.6 Å². The third-order valence-electron chi connectivity index (χ3n) is 6.90. The lowest BCUT2D eigenvalue weighted by atomic mass is 10.2. The number of nitrogens with one attached hydrogen (secondary N) is 1. The van der Waals surface area contributed by atoms with Crippen molar-refractivity contribution in [3.63, 3.8) is 0 Å². The molecule has 0 unspecified atom stereocenters. The van der Waals surface area contributed by atoms with Gasteiger partial charge in [-0.3, -0.25) is 17.5 Å². The van der Waals surface area contributed by atoms with Crippen molar-refractivity contribution >= 4 is 50.6 Å². The zero-order valence-electron chi connectivity index (χ0n) is 23.5. The summed E-state index contributed by atoms with van der Waals surface area (Å²) < 4.78 is 78.9. The average Bonchev–Trinajstić information content (AvgIpc) is 3.00. The van der Waals surface area contributed by atoms with Gasteiger partial charge in [0.15, 0.2) is 0 Å². The second kappa shape index (κ2) is 14.5. The molecule has 236 valence electrons. The molecule has 15 heteroatoms. The number of rotatable bonds is 10. The Hall–Kier alpha value is -3.57. The predicted molar refractivity (Wildman–Crippen MR) is 166 cm³/mol. The van der Waals surface area contributed by atoms with Crippen molar-refractivity contribution in [1.29, 1.82) is 0 Å². The Morgan fingerprint density at radius 3 is 2.02 bits per heavy atom. The molecule has 0 saturated carbocycles. The topological polar surface area (TPSA) is 108 Å². The van der Waals surface area contributed by atoms with Gasteiger partial charge >= 0.3 is 12.3 Å². The fourth-order valence-electron chi connectivity index (χ4n) is 4.57. The summed E-state index contributed by atoms with van der Waals surface area (Å²) in [5, 5.41) is 0. The number of amides is 2. The van der Waals surface area contributed by atoms with Crippen molar-refractivity contribution < 1.29 is 40.7 Å². The van der Waals surface area contributed by atoms with E-state index in [1.165, 1.54) is 36.4 Å². The Bertz CT molecular complexity index is 1520. The lowest BCUT2D eigenvalue weighted by molar-refractivity contribution is -0.137. The van der Waals surface area contributed by atoms with E-state index < -0.39 is 39.8 Å². The molecule has 0 spiro atoms. The lowest BCUT2D eigenvalue weighted by Gasteiger charge is -2.39. The number of nitrogens with zero attached hydrogens (tertiary/aromatic N) is 3. The quantitative estimate of drug-likeness (QED) is 0.229. The minimum absolute atomic E-state index is 0.136. The van der Waals surface area contributed by atoms with Gasteiger partial charge in [-0.15, -0.1) is 0 Å². The lowest BCUT2D eigenvalue weighted by Crippen LogP contribution is -2.58. The normalized spacial score (nSPS) is 14.9. The van der Waals surface area contributed by atoms with Crippen LogP contribution in [0.3, 0.4) is 0 Å². The van der Waals surface area contributed by atoms with Crippen molar-refractivity contribution in [1.82, 2.24) is 13.3 Å². The van der Waals surface area contributed by atoms with Gasteiger partial charge in [0.2, 0.25) is 15.9 Å². The molecule has 1 N–H and O–H groups in total. The van der Waals surface area contributed by atoms with Gasteiger partial charge in [0.1, 0.15) is 24.1 Å². The summed E-state index contributed by atoms with van der Waals surface area (Å²) in [5.41, 5.74) is 0.318. The SMILES string of the molecule is CS(=O)(=O)N(C[C@@H](C(=O)NI)N1CCN(C(=O)OCc2ccccc2)CC1)c1ccc(Oc2ccc(C(F)(F)F)cc2)cc1. The maximum absolute atomic E-state index is 12.9. The van der Waals surface area contributed by atoms with Gasteiger partial charge in [-0.2, -0.15) is 13.2 Å². The summed E-state index contributed by atoms with van der Waals surface area (Å²) in [4.78, 5) is 28.9. The van der Waals surface area contributed by atoms with Crippen LogP contribution in [0.15, 0.2) is 78.9 Å². The molecule has 1 fully saturated rings. The van der Waals surface area contributed by atoms with Crippen LogP contribution in [0.2, 0.25) is 0 Å². The largest absolute Gasteiger partial charge is 0.457 e. The summed E-state index contributed by atoms with van der Waals surface area (Å²) >= 11 is 1.70. The molecular formula is C29H30F3IN4O6S. The zero-order chi connectivity index (χ0) is 31.9. The van der Waals surface area contributed by atoms with E-state index in [1.54, 1.807) is 27.8 Å². The van der Waals surface area contributed by atoms with Crippen molar-refractivity contribution in [3.05, 3.63) is 90.0 Å². The maximum Gasteiger partial charge on any atom is 0.416 e. The van der Waals surface area contributed by atoms with Crippen LogP contribution in [-0.2, 0) is 32.3 Å². The first-order valence-electron chi connectivity index (χ1n) is 13.4. The number of sulfonamides is 1. The van der Waals surface area contributed by atoms with E-state index in [0.717, 1.165) is 28.3 Å². The third-order valence-corrected chi connectivity index (χ3v) is 8.59. The molecule has 1 aliphatic rings. The number of ether oxygens (including phenoxy) is 2. The summed E-state index contributed by atoms with van der Waals surface area (Å²) in [6, 6.07) is 18.5. The van der Waals surface area contributed by atoms with Crippen LogP contribution in [0.25, 0.3) is 0 Å². The molecule has 0 aromatic heterocycles. The highest BCUT2D eigenvalue weighted by atomic mass is 127. The van der Waals surface area contributed by atoms with E-state index in [4.69, 9.17) is 9.47 Å². The van der Waals surface area contributed by atoms with Crippen molar-refractivity contribution in [3.8, 4) is 11.5 Å². The number of piperazine rings is 1. The highest BCUT2D eigenvalue weighted by Gasteiger charge is 2.34. The number of hydrogen-bond donors (Lipinski definition) is 1. The van der Waals surface area contributed by atoms with Crippen molar-refractivity contribution in [2.45, 2.75) is 18.8 Å². The van der Waals surface area contributed by atoms with Crippen LogP contribution in [0.4, 0.5) is 23.7 Å². The number of anilines is 1. The number of carbonyl (C=O) groups excluding carboxylic acids is 2. The summed E-state index contributed by atoms with van der Waals surface area (Å²) in [7, 11) is -3.85. The average molecular weight is 747 g/mol. The number of halogens is 4. The van der Waals surface area contributed by atoms with Crippen LogP contribution in [-0.4, -0.2) is 75.2 Å². The fourth-order valence-corrected chi connectivity index (χ4v) is 5.85. The first-order chi connectivity index (χ1) is 20.8. The molecule has 1 aliphatic heterocycles. The molecule has 1 saturated heterocycles. The van der Waals surface area contributed by atoms with Gasteiger partial charge in [0.05, 0.1) is 46.9 Å². The predicted octanol–water partition coefficient (Wildman–Crippen LogP) is 5.05. The van der Waals surface area contributed by atoms with E-state index >= 15 is 0 Å². The van der Waals surface area contributed by atoms with E-state index in [2.05, 4.69) is 3.53 Å². The Kier molecular flexibility index (Phi) is 11.0. The van der Waals surface area contributed by atoms with Crippen LogP contribution >= 0.6 is 22.9 Å². The van der Waals surface area contributed by atoms with Crippen LogP contribution in [0.1, 0.15) is 11.1 Å². The summed E-state index contributed by atoms with van der Waals surface area (Å²) in [5.74, 6) is 0.0491. The Morgan fingerprint density at radius 1 is 0.932 bits per heavy atom. The molecule has 0 radical (unpaired) electrons. The monoisotopic (exact) mass is 746 g/mol. The maximum atomic E-state index is 12.9. The Labute approximate surface area is 267 Å². The molecule has 2 amide bonds. The highest BCUT2D eigenvalue weighted by molar-refractivity contribution is 14.1. The minimum Gasteiger partial charge on any atom is -0.457 e. The van der Waals surface area contributed by atoms with Crippen molar-refractivity contribution in [2.75, 3.05) is 43.3 Å². The Morgan fingerprint density at radius 2 is 1.50 bits per heavy atom. The van der Waals surface area contributed by atoms with Crippen molar-refractivity contribution in [2.24, 2.45) is 0 Å². The molecule has 44 heavy (non-hydrogen) atoms. The zero-order valence-corrected chi connectivity index (χ0v) is 26.5. The van der Waals surface area contributed by atoms with E-state index in [1.807, 2.05) is 35.2 Å². The van der Waals surface area contributed by atoms with E-state index in [-0.39, 0.29) is 43.4 Å². The molecular weight excluding hydrogens is 716 g/mol. The molecule has 0 aliphatic carbocycles. The molecule has 3 aromatic carbocycles. The highest BCUT2D eigenvalue weighted by Crippen LogP contribution is 2.32. The number of benzene rings is 3. The van der Waals surface area contributed by atoms with Gasteiger partial charge in [0, 0.05) is 26.2 Å². The minimum atomic E-state index is -4.47. The second-order valence-electron chi connectivity index (χ2n) is 9.95. The van der Waals surface area contributed by atoms with Gasteiger partial charge in [-0.1, -0.05) is 30.3 Å². The van der Waals surface area contributed by atoms with Gasteiger partial charge in [0.25, 0.3) is 0 Å². The molecule has 1 atom stereocenters. The fraction of sp³-hybridized carbons (Fsp3) is 0.310. The van der Waals surface area contributed by atoms with E-state index in [9.17, 15) is 31.2 Å². The molecule has 0 bridgehead atoms. The van der Waals surface area contributed by atoms with Gasteiger partial charge < -0.3 is 14.4 Å². The number of carbonyl (C=O) groups is 2. The second-order valence-corrected chi connectivity index (χ2v) is 12.4. The van der Waals surface area contributed by atoms with Gasteiger partial charge in [-0.05, 0) is 54.1 Å². The Balaban J connectivity index is 1.41. The molecule has 10 nitrogen and oxygen atoms in total. The van der Waals surface area contributed by atoms with Gasteiger partial charge in [-0.25, -0.2) is 13.2 Å². The smallest absolute Gasteiger partial charge is 0.416 e.